The van der Waals surface area contributed by atoms with E-state index in [9.17, 15) is 9.59 Å². The molecule has 7 heteroatoms. The van der Waals surface area contributed by atoms with Gasteiger partial charge in [-0.05, 0) is 86.9 Å². The van der Waals surface area contributed by atoms with E-state index in [0.29, 0.717) is 13.0 Å². The van der Waals surface area contributed by atoms with Crippen LogP contribution in [0.5, 0.6) is 11.5 Å². The second-order valence-electron chi connectivity index (χ2n) is 8.67. The van der Waals surface area contributed by atoms with Crippen molar-refractivity contribution in [2.75, 3.05) is 12.3 Å². The summed E-state index contributed by atoms with van der Waals surface area (Å²) in [6.07, 6.45) is 2.27. The Bertz CT molecular complexity index is 1050. The molecule has 0 aliphatic carbocycles. The summed E-state index contributed by atoms with van der Waals surface area (Å²) in [5.41, 5.74) is 12.2. The fraction of sp³-hybridized carbons (Fsp3) is 0.417. The second kappa shape index (κ2) is 8.11. The smallest absolute Gasteiger partial charge is 0.286 e. The fourth-order valence-corrected chi connectivity index (χ4v) is 5.00. The molecule has 2 aliphatic rings. The van der Waals surface area contributed by atoms with Crippen LogP contribution in [0.25, 0.3) is 0 Å². The average Bonchev–Trinajstić information content (AvgIpc) is 3.06. The largest absolute Gasteiger partial charge is 0.489 e. The van der Waals surface area contributed by atoms with Crippen molar-refractivity contribution in [3.63, 3.8) is 0 Å². The third-order valence-electron chi connectivity index (χ3n) is 6.35. The standard InChI is InChI=1S/C24H28N2O4S/c1-13-14(2)21-18(15(3)20(13)25)9-10-24(4,30-21)12-29-17-7-5-16(6-8-17)11-19-22(27)26-23(28)31-19/h5-8,19H,9-12,25H2,1-4H3,(H,26,27,28). The van der Waals surface area contributed by atoms with Crippen LogP contribution in [0.1, 0.15) is 41.2 Å². The molecule has 1 fully saturated rings. The maximum atomic E-state index is 11.7. The summed E-state index contributed by atoms with van der Waals surface area (Å²) in [6, 6.07) is 7.67. The second-order valence-corrected chi connectivity index (χ2v) is 9.84. The van der Waals surface area contributed by atoms with E-state index in [1.807, 2.05) is 31.2 Å². The van der Waals surface area contributed by atoms with Gasteiger partial charge in [0.05, 0.1) is 5.25 Å². The number of rotatable bonds is 5. The van der Waals surface area contributed by atoms with Gasteiger partial charge < -0.3 is 15.2 Å². The first kappa shape index (κ1) is 21.6. The Hall–Kier alpha value is -2.67. The van der Waals surface area contributed by atoms with Gasteiger partial charge in [-0.25, -0.2) is 0 Å². The van der Waals surface area contributed by atoms with Crippen molar-refractivity contribution in [1.29, 1.82) is 0 Å². The van der Waals surface area contributed by atoms with E-state index in [-0.39, 0.29) is 16.4 Å². The third kappa shape index (κ3) is 4.24. The van der Waals surface area contributed by atoms with Gasteiger partial charge in [-0.15, -0.1) is 0 Å². The number of hydrogen-bond donors (Lipinski definition) is 2. The number of nitrogen functional groups attached to an aromatic ring is 1. The Labute approximate surface area is 186 Å². The van der Waals surface area contributed by atoms with Crippen LogP contribution in [0.3, 0.4) is 0 Å². The lowest BCUT2D eigenvalue weighted by atomic mass is 9.87. The molecule has 4 rings (SSSR count). The van der Waals surface area contributed by atoms with Crippen LogP contribution in [0.15, 0.2) is 24.3 Å². The number of anilines is 1. The number of nitrogens with one attached hydrogen (secondary N) is 1. The third-order valence-corrected chi connectivity index (χ3v) is 7.33. The van der Waals surface area contributed by atoms with Crippen molar-refractivity contribution in [3.8, 4) is 11.5 Å². The first-order valence-electron chi connectivity index (χ1n) is 10.5. The van der Waals surface area contributed by atoms with Gasteiger partial charge >= 0.3 is 0 Å². The predicted octanol–water partition coefficient (Wildman–Crippen LogP) is 4.25. The molecule has 2 aromatic rings. The van der Waals surface area contributed by atoms with Gasteiger partial charge in [0.1, 0.15) is 23.7 Å². The molecule has 31 heavy (non-hydrogen) atoms. The minimum Gasteiger partial charge on any atom is -0.489 e. The van der Waals surface area contributed by atoms with Crippen molar-refractivity contribution in [2.24, 2.45) is 0 Å². The van der Waals surface area contributed by atoms with Crippen molar-refractivity contribution < 1.29 is 19.1 Å². The molecule has 2 aromatic carbocycles. The molecule has 0 radical (unpaired) electrons. The summed E-state index contributed by atoms with van der Waals surface area (Å²) in [6.45, 7) is 8.68. The Balaban J connectivity index is 1.41. The van der Waals surface area contributed by atoms with E-state index >= 15 is 0 Å². The lowest BCUT2D eigenvalue weighted by Crippen LogP contribution is -2.42. The molecule has 2 aliphatic heterocycles. The van der Waals surface area contributed by atoms with E-state index < -0.39 is 5.60 Å². The average molecular weight is 441 g/mol. The number of ether oxygens (including phenoxy) is 2. The highest BCUT2D eigenvalue weighted by Crippen LogP contribution is 2.42. The summed E-state index contributed by atoms with van der Waals surface area (Å²) < 4.78 is 12.5. The molecular formula is C24H28N2O4S. The molecule has 164 valence electrons. The van der Waals surface area contributed by atoms with Crippen molar-refractivity contribution in [3.05, 3.63) is 52.1 Å². The van der Waals surface area contributed by atoms with E-state index in [2.05, 4.69) is 26.1 Å². The topological polar surface area (TPSA) is 90.6 Å². The lowest BCUT2D eigenvalue weighted by Gasteiger charge is -2.37. The monoisotopic (exact) mass is 440 g/mol. The molecule has 2 unspecified atom stereocenters. The van der Waals surface area contributed by atoms with Gasteiger partial charge in [-0.2, -0.15) is 0 Å². The number of nitrogens with two attached hydrogens (primary N) is 1. The molecular weight excluding hydrogens is 412 g/mol. The molecule has 6 nitrogen and oxygen atoms in total. The number of benzene rings is 2. The Morgan fingerprint density at radius 2 is 1.87 bits per heavy atom. The highest BCUT2D eigenvalue weighted by atomic mass is 32.2. The molecule has 0 bridgehead atoms. The molecule has 0 saturated carbocycles. The zero-order valence-electron chi connectivity index (χ0n) is 18.3. The zero-order chi connectivity index (χ0) is 22.3. The number of hydrogen-bond acceptors (Lipinski definition) is 6. The number of carbonyl (C=O) groups excluding carboxylic acids is 2. The highest BCUT2D eigenvalue weighted by Gasteiger charge is 2.35. The van der Waals surface area contributed by atoms with Crippen LogP contribution in [0, 0.1) is 20.8 Å². The highest BCUT2D eigenvalue weighted by molar-refractivity contribution is 8.15. The molecule has 3 N–H and O–H groups in total. The van der Waals surface area contributed by atoms with Crippen molar-refractivity contribution in [2.45, 2.75) is 57.8 Å². The number of imide groups is 1. The van der Waals surface area contributed by atoms with Gasteiger partial charge in [0.15, 0.2) is 0 Å². The van der Waals surface area contributed by atoms with Crippen molar-refractivity contribution in [1.82, 2.24) is 5.32 Å². The Morgan fingerprint density at radius 3 is 2.52 bits per heavy atom. The number of fused-ring (bicyclic) bond motifs is 1. The van der Waals surface area contributed by atoms with Gasteiger partial charge in [0.25, 0.3) is 5.24 Å². The summed E-state index contributed by atoms with van der Waals surface area (Å²) in [7, 11) is 0. The minimum atomic E-state index is -0.426. The SMILES string of the molecule is Cc1c(C)c2c(c(C)c1N)CCC(C)(COc1ccc(CC3SC(=O)NC3=O)cc1)O2. The fourth-order valence-electron chi connectivity index (χ4n) is 4.14. The van der Waals surface area contributed by atoms with E-state index in [4.69, 9.17) is 15.2 Å². The van der Waals surface area contributed by atoms with Crippen LogP contribution in [-0.2, 0) is 17.6 Å². The normalized spacial score (nSPS) is 22.6. The lowest BCUT2D eigenvalue weighted by molar-refractivity contribution is -0.118. The first-order valence-corrected chi connectivity index (χ1v) is 11.3. The van der Waals surface area contributed by atoms with Crippen LogP contribution >= 0.6 is 11.8 Å². The number of amides is 2. The summed E-state index contributed by atoms with van der Waals surface area (Å²) in [4.78, 5) is 23.1. The van der Waals surface area contributed by atoms with Crippen LogP contribution < -0.4 is 20.5 Å². The maximum Gasteiger partial charge on any atom is 0.286 e. The molecule has 2 amide bonds. The molecule has 2 atom stereocenters. The number of thioether (sulfide) groups is 1. The predicted molar refractivity (Wildman–Crippen MR) is 123 cm³/mol. The first-order chi connectivity index (χ1) is 14.7. The number of carbonyl (C=O) groups is 2. The Morgan fingerprint density at radius 1 is 1.16 bits per heavy atom. The van der Waals surface area contributed by atoms with Crippen molar-refractivity contribution >= 4 is 28.6 Å². The zero-order valence-corrected chi connectivity index (χ0v) is 19.2. The van der Waals surface area contributed by atoms with Crippen LogP contribution in [0.2, 0.25) is 0 Å². The molecule has 0 aromatic heterocycles. The van der Waals surface area contributed by atoms with E-state index in [0.717, 1.165) is 64.0 Å². The van der Waals surface area contributed by atoms with Crippen LogP contribution in [-0.4, -0.2) is 28.6 Å². The van der Waals surface area contributed by atoms with E-state index in [1.165, 1.54) is 5.56 Å². The minimum absolute atomic E-state index is 0.222. The van der Waals surface area contributed by atoms with E-state index in [1.54, 1.807) is 0 Å². The summed E-state index contributed by atoms with van der Waals surface area (Å²) in [5.74, 6) is 1.47. The summed E-state index contributed by atoms with van der Waals surface area (Å²) in [5, 5.41) is 1.68. The van der Waals surface area contributed by atoms with Gasteiger partial charge in [0.2, 0.25) is 5.91 Å². The molecule has 1 saturated heterocycles. The molecule has 2 heterocycles. The Kier molecular flexibility index (Phi) is 5.64. The van der Waals surface area contributed by atoms with Gasteiger partial charge in [0, 0.05) is 5.69 Å². The maximum absolute atomic E-state index is 11.7. The van der Waals surface area contributed by atoms with Gasteiger partial charge in [-0.3, -0.25) is 14.9 Å². The molecule has 0 spiro atoms. The summed E-state index contributed by atoms with van der Waals surface area (Å²) >= 11 is 1.04. The quantitative estimate of drug-likeness (QED) is 0.676. The van der Waals surface area contributed by atoms with Gasteiger partial charge in [-0.1, -0.05) is 23.9 Å². The van der Waals surface area contributed by atoms with Crippen LogP contribution in [0.4, 0.5) is 10.5 Å².